The quantitative estimate of drug-likeness (QED) is 0.450. The van der Waals surface area contributed by atoms with Gasteiger partial charge in [0.25, 0.3) is 0 Å². The Bertz CT molecular complexity index is 530. The van der Waals surface area contributed by atoms with Gasteiger partial charge in [0.2, 0.25) is 5.28 Å². The standard InChI is InChI=1S/C10H14O.C7H7ClN2O/c1-2-8-11-9-10-6-4-3-5-7-10;1-11-3-2-6-4-9-7(8)10-5-6/h3-7H,2,8-9H2,1H3;2-5H,1H3/b;3-2+. The van der Waals surface area contributed by atoms with Crippen LogP contribution in [-0.4, -0.2) is 23.7 Å². The van der Waals surface area contributed by atoms with Crippen LogP contribution < -0.4 is 0 Å². The van der Waals surface area contributed by atoms with E-state index in [0.29, 0.717) is 0 Å². The van der Waals surface area contributed by atoms with Gasteiger partial charge in [-0.1, -0.05) is 37.3 Å². The molecule has 0 saturated heterocycles. The Kier molecular flexibility index (Phi) is 9.66. The second-order valence-electron chi connectivity index (χ2n) is 4.36. The highest BCUT2D eigenvalue weighted by atomic mass is 35.5. The van der Waals surface area contributed by atoms with Crippen molar-refractivity contribution in [3.05, 3.63) is 65.4 Å². The molecule has 1 heterocycles. The number of hydrogen-bond donors (Lipinski definition) is 0. The van der Waals surface area contributed by atoms with Crippen LogP contribution in [0.25, 0.3) is 6.08 Å². The van der Waals surface area contributed by atoms with Gasteiger partial charge in [0.05, 0.1) is 20.0 Å². The molecule has 118 valence electrons. The third-order valence-electron chi connectivity index (χ3n) is 2.50. The molecule has 0 fully saturated rings. The highest BCUT2D eigenvalue weighted by Crippen LogP contribution is 2.02. The summed E-state index contributed by atoms with van der Waals surface area (Å²) in [6.45, 7) is 3.72. The van der Waals surface area contributed by atoms with Crippen LogP contribution in [0.2, 0.25) is 5.28 Å². The van der Waals surface area contributed by atoms with Crippen LogP contribution in [-0.2, 0) is 16.1 Å². The molecular weight excluding hydrogens is 300 g/mol. The first-order valence-electron chi connectivity index (χ1n) is 7.04. The first-order chi connectivity index (χ1) is 10.8. The predicted octanol–water partition coefficient (Wildman–Crippen LogP) is 4.36. The number of methoxy groups -OCH3 is 1. The number of ether oxygens (including phenoxy) is 2. The van der Waals surface area contributed by atoms with Crippen LogP contribution in [0.15, 0.2) is 49.0 Å². The smallest absolute Gasteiger partial charge is 0.222 e. The maximum Gasteiger partial charge on any atom is 0.222 e. The van der Waals surface area contributed by atoms with E-state index in [-0.39, 0.29) is 5.28 Å². The number of rotatable bonds is 6. The molecule has 0 radical (unpaired) electrons. The van der Waals surface area contributed by atoms with Crippen LogP contribution in [0.1, 0.15) is 24.5 Å². The molecule has 2 rings (SSSR count). The molecule has 2 aromatic rings. The Labute approximate surface area is 136 Å². The number of halogens is 1. The summed E-state index contributed by atoms with van der Waals surface area (Å²) in [5.41, 5.74) is 2.11. The van der Waals surface area contributed by atoms with Gasteiger partial charge in [-0.25, -0.2) is 9.97 Å². The highest BCUT2D eigenvalue weighted by Gasteiger charge is 1.89. The van der Waals surface area contributed by atoms with Gasteiger partial charge in [-0.05, 0) is 29.7 Å². The summed E-state index contributed by atoms with van der Waals surface area (Å²) in [4.78, 5) is 7.56. The first-order valence-corrected chi connectivity index (χ1v) is 7.42. The third kappa shape index (κ3) is 8.39. The predicted molar refractivity (Wildman–Crippen MR) is 89.5 cm³/mol. The summed E-state index contributed by atoms with van der Waals surface area (Å²) in [5, 5.41) is 0.250. The van der Waals surface area contributed by atoms with Crippen molar-refractivity contribution in [3.8, 4) is 0 Å². The van der Waals surface area contributed by atoms with Crippen molar-refractivity contribution >= 4 is 17.7 Å². The van der Waals surface area contributed by atoms with Gasteiger partial charge in [-0.15, -0.1) is 0 Å². The molecular formula is C17H21ClN2O2. The molecule has 0 spiro atoms. The van der Waals surface area contributed by atoms with Crippen molar-refractivity contribution in [2.45, 2.75) is 20.0 Å². The Morgan fingerprint density at radius 3 is 2.41 bits per heavy atom. The van der Waals surface area contributed by atoms with Gasteiger partial charge in [-0.3, -0.25) is 0 Å². The summed E-state index contributed by atoms with van der Waals surface area (Å²) in [5.74, 6) is 0. The van der Waals surface area contributed by atoms with Crippen LogP contribution in [0.3, 0.4) is 0 Å². The van der Waals surface area contributed by atoms with Crippen molar-refractivity contribution in [1.29, 1.82) is 0 Å². The van der Waals surface area contributed by atoms with Gasteiger partial charge in [0, 0.05) is 24.6 Å². The molecule has 22 heavy (non-hydrogen) atoms. The van der Waals surface area contributed by atoms with E-state index in [1.165, 1.54) is 5.56 Å². The average Bonchev–Trinajstić information content (AvgIpc) is 2.56. The molecule has 0 N–H and O–H groups in total. The van der Waals surface area contributed by atoms with Crippen molar-refractivity contribution in [3.63, 3.8) is 0 Å². The minimum atomic E-state index is 0.250. The summed E-state index contributed by atoms with van der Waals surface area (Å²) >= 11 is 5.47. The van der Waals surface area contributed by atoms with Crippen LogP contribution in [0.4, 0.5) is 0 Å². The molecule has 1 aromatic carbocycles. The molecule has 0 aliphatic carbocycles. The van der Waals surface area contributed by atoms with Gasteiger partial charge >= 0.3 is 0 Å². The highest BCUT2D eigenvalue weighted by molar-refractivity contribution is 6.28. The lowest BCUT2D eigenvalue weighted by Crippen LogP contribution is -1.92. The minimum Gasteiger partial charge on any atom is -0.504 e. The molecule has 4 nitrogen and oxygen atoms in total. The number of aromatic nitrogens is 2. The molecule has 0 aliphatic rings. The Morgan fingerprint density at radius 1 is 1.14 bits per heavy atom. The molecule has 5 heteroatoms. The summed E-state index contributed by atoms with van der Waals surface area (Å²) in [6.07, 6.45) is 7.62. The van der Waals surface area contributed by atoms with E-state index in [2.05, 4.69) is 29.0 Å². The van der Waals surface area contributed by atoms with E-state index < -0.39 is 0 Å². The normalized spacial score (nSPS) is 10.1. The fourth-order valence-corrected chi connectivity index (χ4v) is 1.56. The first kappa shape index (κ1) is 18.1. The van der Waals surface area contributed by atoms with E-state index in [0.717, 1.165) is 25.2 Å². The van der Waals surface area contributed by atoms with Crippen molar-refractivity contribution in [2.24, 2.45) is 0 Å². The largest absolute Gasteiger partial charge is 0.504 e. The maximum absolute atomic E-state index is 5.47. The number of nitrogens with zero attached hydrogens (tertiary/aromatic N) is 2. The van der Waals surface area contributed by atoms with Gasteiger partial charge < -0.3 is 9.47 Å². The van der Waals surface area contributed by atoms with Crippen LogP contribution >= 0.6 is 11.6 Å². The van der Waals surface area contributed by atoms with Crippen molar-refractivity contribution in [2.75, 3.05) is 13.7 Å². The topological polar surface area (TPSA) is 44.2 Å². The van der Waals surface area contributed by atoms with Crippen molar-refractivity contribution in [1.82, 2.24) is 9.97 Å². The molecule has 0 saturated carbocycles. The Hall–Kier alpha value is -1.91. The van der Waals surface area contributed by atoms with Crippen LogP contribution in [0.5, 0.6) is 0 Å². The minimum absolute atomic E-state index is 0.250. The molecule has 0 amide bonds. The maximum atomic E-state index is 5.47. The molecule has 0 aliphatic heterocycles. The molecule has 0 unspecified atom stereocenters. The van der Waals surface area contributed by atoms with E-state index in [1.54, 1.807) is 31.8 Å². The summed E-state index contributed by atoms with van der Waals surface area (Å²) < 4.78 is 10.1. The fourth-order valence-electron chi connectivity index (χ4n) is 1.46. The lowest BCUT2D eigenvalue weighted by molar-refractivity contribution is 0.121. The summed E-state index contributed by atoms with van der Waals surface area (Å²) in [7, 11) is 1.58. The summed E-state index contributed by atoms with van der Waals surface area (Å²) in [6, 6.07) is 10.2. The zero-order valence-corrected chi connectivity index (χ0v) is 13.7. The number of benzene rings is 1. The SMILES string of the molecule is CCCOCc1ccccc1.CO/C=C/c1cnc(Cl)nc1. The van der Waals surface area contributed by atoms with Crippen molar-refractivity contribution < 1.29 is 9.47 Å². The van der Waals surface area contributed by atoms with E-state index in [4.69, 9.17) is 21.1 Å². The molecule has 1 aromatic heterocycles. The van der Waals surface area contributed by atoms with Gasteiger partial charge in [0.1, 0.15) is 0 Å². The second-order valence-corrected chi connectivity index (χ2v) is 4.70. The fraction of sp³-hybridized carbons (Fsp3) is 0.294. The zero-order valence-electron chi connectivity index (χ0n) is 12.9. The number of hydrogen-bond acceptors (Lipinski definition) is 4. The molecule has 0 bridgehead atoms. The van der Waals surface area contributed by atoms with Crippen LogP contribution in [0, 0.1) is 0 Å². The van der Waals surface area contributed by atoms with E-state index in [9.17, 15) is 0 Å². The Morgan fingerprint density at radius 2 is 1.82 bits per heavy atom. The lowest BCUT2D eigenvalue weighted by Gasteiger charge is -2.00. The van der Waals surface area contributed by atoms with Gasteiger partial charge in [0.15, 0.2) is 0 Å². The molecule has 0 atom stereocenters. The third-order valence-corrected chi connectivity index (χ3v) is 2.69. The zero-order chi connectivity index (χ0) is 16.0. The lowest BCUT2D eigenvalue weighted by atomic mass is 10.2. The van der Waals surface area contributed by atoms with E-state index in [1.807, 2.05) is 18.2 Å². The average molecular weight is 321 g/mol. The van der Waals surface area contributed by atoms with E-state index >= 15 is 0 Å². The monoisotopic (exact) mass is 320 g/mol. The Balaban J connectivity index is 0.000000220. The second kappa shape index (κ2) is 11.7. The van der Waals surface area contributed by atoms with Gasteiger partial charge in [-0.2, -0.15) is 0 Å².